The summed E-state index contributed by atoms with van der Waals surface area (Å²) in [5.41, 5.74) is 2.91. The molecule has 134 valence electrons. The minimum absolute atomic E-state index is 0.902. The standard InChI is InChI=1S/C23H37N/c1-3-4-5-7-12-23(17-21-10-8-6-9-11-21)19-24-18-22-15-13-20(2)14-16-22/h6,8-11,17,20,22,24H,3-5,7,12-16,18-19H2,1-2H3/b23-17+. The van der Waals surface area contributed by atoms with E-state index in [9.17, 15) is 0 Å². The zero-order chi connectivity index (χ0) is 17.0. The molecule has 0 aromatic heterocycles. The Morgan fingerprint density at radius 2 is 1.79 bits per heavy atom. The maximum atomic E-state index is 3.76. The highest BCUT2D eigenvalue weighted by Crippen LogP contribution is 2.27. The van der Waals surface area contributed by atoms with Gasteiger partial charge in [0.2, 0.25) is 0 Å². The number of nitrogens with one attached hydrogen (secondary N) is 1. The van der Waals surface area contributed by atoms with Gasteiger partial charge in [-0.25, -0.2) is 0 Å². The van der Waals surface area contributed by atoms with Crippen LogP contribution in [0.3, 0.4) is 0 Å². The SMILES string of the molecule is CCCCCC/C(=C\c1ccccc1)CNCC1CCC(C)CC1. The van der Waals surface area contributed by atoms with Crippen molar-refractivity contribution in [1.82, 2.24) is 5.32 Å². The minimum Gasteiger partial charge on any atom is -0.313 e. The third-order valence-corrected chi connectivity index (χ3v) is 5.44. The zero-order valence-electron chi connectivity index (χ0n) is 15.9. The first-order chi connectivity index (χ1) is 11.8. The van der Waals surface area contributed by atoms with Crippen LogP contribution in [0.15, 0.2) is 35.9 Å². The number of rotatable bonds is 10. The van der Waals surface area contributed by atoms with Crippen LogP contribution in [0, 0.1) is 11.8 Å². The summed E-state index contributed by atoms with van der Waals surface area (Å²) < 4.78 is 0. The molecule has 1 aliphatic rings. The van der Waals surface area contributed by atoms with E-state index < -0.39 is 0 Å². The molecule has 0 radical (unpaired) electrons. The molecule has 24 heavy (non-hydrogen) atoms. The molecule has 1 nitrogen and oxygen atoms in total. The molecule has 1 N–H and O–H groups in total. The molecule has 1 saturated carbocycles. The highest BCUT2D eigenvalue weighted by molar-refractivity contribution is 5.52. The fourth-order valence-corrected chi connectivity index (χ4v) is 3.75. The van der Waals surface area contributed by atoms with Gasteiger partial charge in [-0.1, -0.05) is 87.9 Å². The predicted molar refractivity (Wildman–Crippen MR) is 107 cm³/mol. The maximum absolute atomic E-state index is 3.76. The van der Waals surface area contributed by atoms with E-state index >= 15 is 0 Å². The quantitative estimate of drug-likeness (QED) is 0.486. The van der Waals surface area contributed by atoms with E-state index in [0.717, 1.165) is 18.4 Å². The number of unbranched alkanes of at least 4 members (excludes halogenated alkanes) is 3. The van der Waals surface area contributed by atoms with Crippen LogP contribution in [0.4, 0.5) is 0 Å². The van der Waals surface area contributed by atoms with Gasteiger partial charge in [-0.05, 0) is 49.6 Å². The number of hydrogen-bond donors (Lipinski definition) is 1. The van der Waals surface area contributed by atoms with Gasteiger partial charge in [0.05, 0.1) is 0 Å². The predicted octanol–water partition coefficient (Wildman–Crippen LogP) is 6.46. The van der Waals surface area contributed by atoms with E-state index in [1.807, 2.05) is 0 Å². The van der Waals surface area contributed by atoms with Gasteiger partial charge in [0.15, 0.2) is 0 Å². The molecule has 0 heterocycles. The second-order valence-corrected chi connectivity index (χ2v) is 7.78. The topological polar surface area (TPSA) is 12.0 Å². The fraction of sp³-hybridized carbons (Fsp3) is 0.652. The maximum Gasteiger partial charge on any atom is 0.0168 e. The van der Waals surface area contributed by atoms with Crippen LogP contribution < -0.4 is 5.32 Å². The second-order valence-electron chi connectivity index (χ2n) is 7.78. The zero-order valence-corrected chi connectivity index (χ0v) is 15.9. The molecule has 0 aliphatic heterocycles. The summed E-state index contributed by atoms with van der Waals surface area (Å²) in [6.07, 6.45) is 14.7. The Hall–Kier alpha value is -1.08. The molecular weight excluding hydrogens is 290 g/mol. The van der Waals surface area contributed by atoms with Crippen LogP contribution in [0.1, 0.15) is 77.2 Å². The van der Waals surface area contributed by atoms with Crippen LogP contribution in [0.25, 0.3) is 6.08 Å². The largest absolute Gasteiger partial charge is 0.313 e. The summed E-state index contributed by atoms with van der Waals surface area (Å²) in [6, 6.07) is 10.8. The summed E-state index contributed by atoms with van der Waals surface area (Å²) in [6.45, 7) is 6.95. The van der Waals surface area contributed by atoms with E-state index in [2.05, 4.69) is 55.6 Å². The van der Waals surface area contributed by atoms with Crippen molar-refractivity contribution >= 4 is 6.08 Å². The van der Waals surface area contributed by atoms with Crippen molar-refractivity contribution in [2.45, 2.75) is 71.6 Å². The lowest BCUT2D eigenvalue weighted by Crippen LogP contribution is -2.27. The highest BCUT2D eigenvalue weighted by atomic mass is 14.9. The lowest BCUT2D eigenvalue weighted by Gasteiger charge is -2.26. The third kappa shape index (κ3) is 7.66. The van der Waals surface area contributed by atoms with Crippen LogP contribution >= 0.6 is 0 Å². The van der Waals surface area contributed by atoms with Crippen molar-refractivity contribution in [2.75, 3.05) is 13.1 Å². The Kier molecular flexibility index (Phi) is 9.20. The van der Waals surface area contributed by atoms with Gasteiger partial charge < -0.3 is 5.32 Å². The minimum atomic E-state index is 0.902. The molecule has 1 aromatic rings. The molecule has 0 spiro atoms. The second kappa shape index (κ2) is 11.5. The smallest absolute Gasteiger partial charge is 0.0168 e. The van der Waals surface area contributed by atoms with Crippen LogP contribution in [-0.4, -0.2) is 13.1 Å². The van der Waals surface area contributed by atoms with Crippen molar-refractivity contribution in [1.29, 1.82) is 0 Å². The van der Waals surface area contributed by atoms with Gasteiger partial charge >= 0.3 is 0 Å². The van der Waals surface area contributed by atoms with Crippen LogP contribution in [0.2, 0.25) is 0 Å². The molecule has 0 amide bonds. The first-order valence-electron chi connectivity index (χ1n) is 10.2. The fourth-order valence-electron chi connectivity index (χ4n) is 3.75. The highest BCUT2D eigenvalue weighted by Gasteiger charge is 2.17. The Balaban J connectivity index is 1.80. The summed E-state index contributed by atoms with van der Waals surface area (Å²) in [4.78, 5) is 0. The first kappa shape index (κ1) is 19.2. The van der Waals surface area contributed by atoms with Crippen molar-refractivity contribution in [3.8, 4) is 0 Å². The Bertz CT molecular complexity index is 454. The monoisotopic (exact) mass is 327 g/mol. The summed E-state index contributed by atoms with van der Waals surface area (Å²) in [5, 5.41) is 3.76. The van der Waals surface area contributed by atoms with E-state index in [0.29, 0.717) is 0 Å². The van der Waals surface area contributed by atoms with Gasteiger partial charge in [0.25, 0.3) is 0 Å². The molecular formula is C23H37N. The van der Waals surface area contributed by atoms with Crippen molar-refractivity contribution < 1.29 is 0 Å². The molecule has 1 heteroatoms. The van der Waals surface area contributed by atoms with Gasteiger partial charge in [-0.2, -0.15) is 0 Å². The molecule has 0 unspecified atom stereocenters. The van der Waals surface area contributed by atoms with Crippen LogP contribution in [0.5, 0.6) is 0 Å². The van der Waals surface area contributed by atoms with Crippen LogP contribution in [-0.2, 0) is 0 Å². The van der Waals surface area contributed by atoms with Gasteiger partial charge in [-0.15, -0.1) is 0 Å². The third-order valence-electron chi connectivity index (χ3n) is 5.44. The number of hydrogen-bond acceptors (Lipinski definition) is 1. The summed E-state index contributed by atoms with van der Waals surface area (Å²) in [5.74, 6) is 1.85. The summed E-state index contributed by atoms with van der Waals surface area (Å²) >= 11 is 0. The van der Waals surface area contributed by atoms with Gasteiger partial charge in [0.1, 0.15) is 0 Å². The average molecular weight is 328 g/mol. The van der Waals surface area contributed by atoms with Gasteiger partial charge in [-0.3, -0.25) is 0 Å². The molecule has 0 bridgehead atoms. The normalized spacial score (nSPS) is 21.8. The molecule has 2 rings (SSSR count). The first-order valence-corrected chi connectivity index (χ1v) is 10.2. The molecule has 1 fully saturated rings. The van der Waals surface area contributed by atoms with E-state index in [1.54, 1.807) is 5.57 Å². The van der Waals surface area contributed by atoms with Crippen molar-refractivity contribution in [3.05, 3.63) is 41.5 Å². The van der Waals surface area contributed by atoms with Gasteiger partial charge in [0, 0.05) is 6.54 Å². The lowest BCUT2D eigenvalue weighted by molar-refractivity contribution is 0.283. The summed E-state index contributed by atoms with van der Waals surface area (Å²) in [7, 11) is 0. The Morgan fingerprint density at radius 3 is 2.50 bits per heavy atom. The van der Waals surface area contributed by atoms with Crippen molar-refractivity contribution in [2.24, 2.45) is 11.8 Å². The number of benzene rings is 1. The lowest BCUT2D eigenvalue weighted by atomic mass is 9.83. The Labute approximate surface area is 149 Å². The molecule has 0 saturated heterocycles. The van der Waals surface area contributed by atoms with E-state index in [1.165, 1.54) is 69.9 Å². The molecule has 0 atom stereocenters. The van der Waals surface area contributed by atoms with Crippen molar-refractivity contribution in [3.63, 3.8) is 0 Å². The Morgan fingerprint density at radius 1 is 1.04 bits per heavy atom. The van der Waals surface area contributed by atoms with E-state index in [-0.39, 0.29) is 0 Å². The average Bonchev–Trinajstić information content (AvgIpc) is 2.61. The van der Waals surface area contributed by atoms with E-state index in [4.69, 9.17) is 0 Å². The molecule has 1 aromatic carbocycles. The molecule has 1 aliphatic carbocycles.